The normalized spacial score (nSPS) is 10.4. The monoisotopic (exact) mass is 247 g/mol. The molecule has 0 spiro atoms. The van der Waals surface area contributed by atoms with Gasteiger partial charge in [-0.25, -0.2) is 0 Å². The van der Waals surface area contributed by atoms with Crippen LogP contribution in [0.5, 0.6) is 0 Å². The molecule has 0 saturated heterocycles. The van der Waals surface area contributed by atoms with Crippen molar-refractivity contribution in [1.29, 1.82) is 0 Å². The molecule has 0 atom stereocenters. The van der Waals surface area contributed by atoms with Crippen LogP contribution in [0.25, 0.3) is 0 Å². The zero-order chi connectivity index (χ0) is 12.4. The predicted molar refractivity (Wildman–Crippen MR) is 66.7 cm³/mol. The molecule has 4 nitrogen and oxygen atoms in total. The fourth-order valence-corrected chi connectivity index (χ4v) is 2.07. The molecule has 0 aliphatic rings. The summed E-state index contributed by atoms with van der Waals surface area (Å²) in [5.74, 6) is 1.32. The molecule has 1 amide bonds. The van der Waals surface area contributed by atoms with E-state index in [-0.39, 0.29) is 12.3 Å². The standard InChI is InChI=1S/C11H21NO3S/c1-9(2)5-7-16-8-10(13)12-6-3-4-11(14)15/h9H,3-8H2,1-2H3,(H,12,13)(H,14,15). The summed E-state index contributed by atoms with van der Waals surface area (Å²) in [6.07, 6.45) is 1.73. The highest BCUT2D eigenvalue weighted by Crippen LogP contribution is 2.07. The van der Waals surface area contributed by atoms with E-state index in [1.807, 2.05) is 0 Å². The average Bonchev–Trinajstić information content (AvgIpc) is 2.19. The highest BCUT2D eigenvalue weighted by molar-refractivity contribution is 7.99. The molecule has 2 N–H and O–H groups in total. The van der Waals surface area contributed by atoms with Gasteiger partial charge < -0.3 is 10.4 Å². The minimum Gasteiger partial charge on any atom is -0.481 e. The predicted octanol–water partition coefficient (Wildman–Crippen LogP) is 1.75. The summed E-state index contributed by atoms with van der Waals surface area (Å²) in [5.41, 5.74) is 0. The first kappa shape index (κ1) is 15.3. The molecule has 0 saturated carbocycles. The second kappa shape index (κ2) is 9.51. The number of carbonyl (C=O) groups excluding carboxylic acids is 1. The number of aliphatic carboxylic acids is 1. The van der Waals surface area contributed by atoms with E-state index in [1.165, 1.54) is 0 Å². The van der Waals surface area contributed by atoms with Crippen LogP contribution in [0.3, 0.4) is 0 Å². The van der Waals surface area contributed by atoms with Gasteiger partial charge in [-0.2, -0.15) is 11.8 Å². The molecule has 5 heteroatoms. The van der Waals surface area contributed by atoms with E-state index >= 15 is 0 Å². The molecule has 0 radical (unpaired) electrons. The smallest absolute Gasteiger partial charge is 0.303 e. The van der Waals surface area contributed by atoms with Crippen molar-refractivity contribution in [2.45, 2.75) is 33.1 Å². The minimum atomic E-state index is -0.819. The van der Waals surface area contributed by atoms with Crippen LogP contribution in [0.4, 0.5) is 0 Å². The molecule has 0 bridgehead atoms. The highest BCUT2D eigenvalue weighted by Gasteiger charge is 2.02. The van der Waals surface area contributed by atoms with Crippen LogP contribution in [0.1, 0.15) is 33.1 Å². The third-order valence-corrected chi connectivity index (χ3v) is 2.95. The molecule has 0 aliphatic carbocycles. The largest absolute Gasteiger partial charge is 0.481 e. The van der Waals surface area contributed by atoms with Crippen molar-refractivity contribution in [3.8, 4) is 0 Å². The molecule has 0 aromatic heterocycles. The lowest BCUT2D eigenvalue weighted by Crippen LogP contribution is -2.26. The maximum atomic E-state index is 11.3. The molecule has 16 heavy (non-hydrogen) atoms. The molecule has 0 heterocycles. The number of nitrogens with one attached hydrogen (secondary N) is 1. The second-order valence-corrected chi connectivity index (χ2v) is 5.19. The van der Waals surface area contributed by atoms with Gasteiger partial charge in [-0.15, -0.1) is 0 Å². The first-order valence-corrected chi connectivity index (χ1v) is 6.74. The van der Waals surface area contributed by atoms with Crippen molar-refractivity contribution < 1.29 is 14.7 Å². The van der Waals surface area contributed by atoms with Gasteiger partial charge in [-0.05, 0) is 24.5 Å². The van der Waals surface area contributed by atoms with Crippen LogP contribution in [-0.2, 0) is 9.59 Å². The summed E-state index contributed by atoms with van der Waals surface area (Å²) >= 11 is 1.63. The van der Waals surface area contributed by atoms with E-state index in [9.17, 15) is 9.59 Å². The van der Waals surface area contributed by atoms with Crippen molar-refractivity contribution in [2.24, 2.45) is 5.92 Å². The molecule has 0 fully saturated rings. The SMILES string of the molecule is CC(C)CCSCC(=O)NCCCC(=O)O. The van der Waals surface area contributed by atoms with Gasteiger partial charge in [0.05, 0.1) is 5.75 Å². The van der Waals surface area contributed by atoms with Crippen molar-refractivity contribution >= 4 is 23.6 Å². The topological polar surface area (TPSA) is 66.4 Å². The van der Waals surface area contributed by atoms with Crippen molar-refractivity contribution in [1.82, 2.24) is 5.32 Å². The molecule has 0 rings (SSSR count). The van der Waals surface area contributed by atoms with E-state index in [4.69, 9.17) is 5.11 Å². The van der Waals surface area contributed by atoms with Gasteiger partial charge in [-0.1, -0.05) is 13.8 Å². The van der Waals surface area contributed by atoms with Gasteiger partial charge in [0.25, 0.3) is 0 Å². The van der Waals surface area contributed by atoms with Gasteiger partial charge in [0.1, 0.15) is 0 Å². The van der Waals surface area contributed by atoms with Gasteiger partial charge in [0.2, 0.25) is 5.91 Å². The number of hydrogen-bond donors (Lipinski definition) is 2. The quantitative estimate of drug-likeness (QED) is 0.609. The lowest BCUT2D eigenvalue weighted by atomic mass is 10.2. The minimum absolute atomic E-state index is 0.000792. The molecule has 0 unspecified atom stereocenters. The Labute approximate surface area is 101 Å². The molecular formula is C11H21NO3S. The number of rotatable bonds is 9. The number of thioether (sulfide) groups is 1. The Bertz CT molecular complexity index is 219. The summed E-state index contributed by atoms with van der Waals surface area (Å²) in [6, 6.07) is 0. The van der Waals surface area contributed by atoms with Crippen LogP contribution < -0.4 is 5.32 Å². The van der Waals surface area contributed by atoms with Crippen molar-refractivity contribution in [3.63, 3.8) is 0 Å². The van der Waals surface area contributed by atoms with E-state index in [1.54, 1.807) is 11.8 Å². The fraction of sp³-hybridized carbons (Fsp3) is 0.818. The summed E-state index contributed by atoms with van der Waals surface area (Å²) in [4.78, 5) is 21.5. The van der Waals surface area contributed by atoms with Crippen LogP contribution in [0.15, 0.2) is 0 Å². The maximum Gasteiger partial charge on any atom is 0.303 e. The Kier molecular flexibility index (Phi) is 9.09. The Balaban J connectivity index is 3.28. The molecule has 0 aliphatic heterocycles. The average molecular weight is 247 g/mol. The summed E-state index contributed by atoms with van der Waals surface area (Å²) in [6.45, 7) is 4.77. The molecule has 94 valence electrons. The number of carbonyl (C=O) groups is 2. The third-order valence-electron chi connectivity index (χ3n) is 1.96. The molecule has 0 aromatic carbocycles. The second-order valence-electron chi connectivity index (χ2n) is 4.08. The first-order chi connectivity index (χ1) is 7.52. The summed E-state index contributed by atoms with van der Waals surface area (Å²) in [5, 5.41) is 11.1. The van der Waals surface area contributed by atoms with Crippen molar-refractivity contribution in [2.75, 3.05) is 18.1 Å². The Morgan fingerprint density at radius 1 is 1.38 bits per heavy atom. The molecule has 0 aromatic rings. The fourth-order valence-electron chi connectivity index (χ4n) is 1.00. The van der Waals surface area contributed by atoms with E-state index < -0.39 is 5.97 Å². The van der Waals surface area contributed by atoms with Crippen molar-refractivity contribution in [3.05, 3.63) is 0 Å². The van der Waals surface area contributed by atoms with Crippen LogP contribution in [0, 0.1) is 5.92 Å². The zero-order valence-electron chi connectivity index (χ0n) is 9.99. The Morgan fingerprint density at radius 3 is 2.62 bits per heavy atom. The lowest BCUT2D eigenvalue weighted by molar-refractivity contribution is -0.137. The summed E-state index contributed by atoms with van der Waals surface area (Å²) < 4.78 is 0. The zero-order valence-corrected chi connectivity index (χ0v) is 10.8. The lowest BCUT2D eigenvalue weighted by Gasteiger charge is -2.05. The Hall–Kier alpha value is -0.710. The van der Waals surface area contributed by atoms with Gasteiger partial charge in [-0.3, -0.25) is 9.59 Å². The Morgan fingerprint density at radius 2 is 2.06 bits per heavy atom. The summed E-state index contributed by atoms with van der Waals surface area (Å²) in [7, 11) is 0. The number of carboxylic acid groups (broad SMARTS) is 1. The third kappa shape index (κ3) is 11.4. The van der Waals surface area contributed by atoms with E-state index in [2.05, 4.69) is 19.2 Å². The first-order valence-electron chi connectivity index (χ1n) is 5.58. The van der Waals surface area contributed by atoms with Gasteiger partial charge in [0, 0.05) is 13.0 Å². The van der Waals surface area contributed by atoms with Crippen LogP contribution in [-0.4, -0.2) is 35.0 Å². The van der Waals surface area contributed by atoms with Crippen LogP contribution in [0.2, 0.25) is 0 Å². The molecular weight excluding hydrogens is 226 g/mol. The number of amides is 1. The highest BCUT2D eigenvalue weighted by atomic mass is 32.2. The van der Waals surface area contributed by atoms with E-state index in [0.717, 1.165) is 12.2 Å². The van der Waals surface area contributed by atoms with Gasteiger partial charge >= 0.3 is 5.97 Å². The number of carboxylic acids is 1. The van der Waals surface area contributed by atoms with E-state index in [0.29, 0.717) is 24.6 Å². The van der Waals surface area contributed by atoms with Crippen LogP contribution >= 0.6 is 11.8 Å². The number of hydrogen-bond acceptors (Lipinski definition) is 3. The maximum absolute atomic E-state index is 11.3. The van der Waals surface area contributed by atoms with Gasteiger partial charge in [0.15, 0.2) is 0 Å².